The van der Waals surface area contributed by atoms with Crippen molar-refractivity contribution in [3.63, 3.8) is 0 Å². The Labute approximate surface area is 132 Å². The van der Waals surface area contributed by atoms with Gasteiger partial charge >= 0.3 is 6.03 Å². The predicted molar refractivity (Wildman–Crippen MR) is 84.3 cm³/mol. The van der Waals surface area contributed by atoms with Gasteiger partial charge in [0.05, 0.1) is 6.04 Å². The number of carbonyl (C=O) groups is 1. The molecule has 22 heavy (non-hydrogen) atoms. The van der Waals surface area contributed by atoms with Crippen molar-refractivity contribution in [1.82, 2.24) is 25.0 Å². The average molecular weight is 305 g/mol. The van der Waals surface area contributed by atoms with E-state index in [1.165, 1.54) is 44.9 Å². The normalized spacial score (nSPS) is 22.5. The summed E-state index contributed by atoms with van der Waals surface area (Å²) in [6, 6.07) is -0.0910. The molecule has 0 aromatic carbocycles. The second kappa shape index (κ2) is 6.26. The van der Waals surface area contributed by atoms with Gasteiger partial charge in [-0.15, -0.1) is 10.2 Å². The molecule has 0 bridgehead atoms. The minimum Gasteiger partial charge on any atom is -0.328 e. The van der Waals surface area contributed by atoms with E-state index in [1.807, 2.05) is 23.4 Å². The number of nitrogens with zero attached hydrogens (tertiary/aromatic N) is 4. The van der Waals surface area contributed by atoms with Gasteiger partial charge in [0.2, 0.25) is 0 Å². The maximum Gasteiger partial charge on any atom is 0.317 e. The lowest BCUT2D eigenvalue weighted by Gasteiger charge is -2.44. The molecule has 1 spiro atoms. The lowest BCUT2D eigenvalue weighted by molar-refractivity contribution is 0.0804. The third-order valence-electron chi connectivity index (χ3n) is 5.50. The molecule has 6 heteroatoms. The summed E-state index contributed by atoms with van der Waals surface area (Å²) in [5, 5.41) is 11.0. The van der Waals surface area contributed by atoms with Gasteiger partial charge in [0, 0.05) is 20.1 Å². The zero-order chi connectivity index (χ0) is 15.6. The molecule has 1 aliphatic heterocycles. The zero-order valence-electron chi connectivity index (χ0n) is 13.7. The van der Waals surface area contributed by atoms with Crippen molar-refractivity contribution in [2.75, 3.05) is 13.1 Å². The number of urea groups is 1. The van der Waals surface area contributed by atoms with E-state index in [4.69, 9.17) is 0 Å². The minimum atomic E-state index is -0.120. The van der Waals surface area contributed by atoms with Crippen LogP contribution in [-0.2, 0) is 7.05 Å². The quantitative estimate of drug-likeness (QED) is 0.913. The molecule has 1 aromatic heterocycles. The fraction of sp³-hybridized carbons (Fsp3) is 0.812. The Morgan fingerprint density at radius 1 is 1.23 bits per heavy atom. The summed E-state index contributed by atoms with van der Waals surface area (Å²) < 4.78 is 1.85. The summed E-state index contributed by atoms with van der Waals surface area (Å²) in [6.07, 6.45) is 10.8. The van der Waals surface area contributed by atoms with Gasteiger partial charge in [0.25, 0.3) is 0 Å². The Morgan fingerprint density at radius 2 is 1.91 bits per heavy atom. The van der Waals surface area contributed by atoms with Crippen LogP contribution in [-0.4, -0.2) is 38.8 Å². The standard InChI is InChI=1S/C16H27N5O/c1-13(14-19-17-12-20(14)2)18-15(22)21-10-8-16(9-11-21)6-4-3-5-7-16/h12-13H,3-11H2,1-2H3,(H,18,22). The van der Waals surface area contributed by atoms with Gasteiger partial charge in [0.15, 0.2) is 5.82 Å². The van der Waals surface area contributed by atoms with Crippen LogP contribution in [0.25, 0.3) is 0 Å². The van der Waals surface area contributed by atoms with Gasteiger partial charge < -0.3 is 14.8 Å². The van der Waals surface area contributed by atoms with Crippen LogP contribution in [0.1, 0.15) is 63.7 Å². The van der Waals surface area contributed by atoms with E-state index in [9.17, 15) is 4.79 Å². The Morgan fingerprint density at radius 3 is 2.50 bits per heavy atom. The molecule has 2 amide bonds. The lowest BCUT2D eigenvalue weighted by Crippen LogP contribution is -2.48. The third-order valence-corrected chi connectivity index (χ3v) is 5.50. The number of piperidine rings is 1. The third kappa shape index (κ3) is 3.10. The minimum absolute atomic E-state index is 0.0289. The first kappa shape index (κ1) is 15.3. The van der Waals surface area contributed by atoms with Crippen LogP contribution in [0, 0.1) is 5.41 Å². The van der Waals surface area contributed by atoms with Gasteiger partial charge in [-0.1, -0.05) is 19.3 Å². The van der Waals surface area contributed by atoms with Crippen LogP contribution in [0.5, 0.6) is 0 Å². The number of nitrogens with one attached hydrogen (secondary N) is 1. The van der Waals surface area contributed by atoms with E-state index in [-0.39, 0.29) is 12.1 Å². The molecule has 0 radical (unpaired) electrons. The molecule has 1 unspecified atom stereocenters. The molecule has 2 heterocycles. The number of aromatic nitrogens is 3. The maximum absolute atomic E-state index is 12.4. The molecule has 1 saturated heterocycles. The van der Waals surface area contributed by atoms with Gasteiger partial charge in [-0.2, -0.15) is 0 Å². The number of aryl methyl sites for hydroxylation is 1. The number of carbonyl (C=O) groups excluding carboxylic acids is 1. The highest BCUT2D eigenvalue weighted by Gasteiger charge is 2.36. The molecule has 122 valence electrons. The molecule has 1 N–H and O–H groups in total. The molecule has 6 nitrogen and oxygen atoms in total. The number of likely N-dealkylation sites (tertiary alicyclic amines) is 1. The van der Waals surface area contributed by atoms with Crippen LogP contribution in [0.15, 0.2) is 6.33 Å². The van der Waals surface area contributed by atoms with Crippen molar-refractivity contribution in [2.45, 2.75) is 57.9 Å². The van der Waals surface area contributed by atoms with E-state index in [0.717, 1.165) is 18.9 Å². The van der Waals surface area contributed by atoms with Crippen molar-refractivity contribution in [1.29, 1.82) is 0 Å². The fourth-order valence-electron chi connectivity index (χ4n) is 4.01. The van der Waals surface area contributed by atoms with Crippen LogP contribution in [0.3, 0.4) is 0 Å². The first-order valence-corrected chi connectivity index (χ1v) is 8.49. The Hall–Kier alpha value is -1.59. The molecule has 1 aliphatic carbocycles. The topological polar surface area (TPSA) is 63.1 Å². The number of hydrogen-bond acceptors (Lipinski definition) is 3. The van der Waals surface area contributed by atoms with E-state index in [0.29, 0.717) is 5.41 Å². The Bertz CT molecular complexity index is 510. The zero-order valence-corrected chi connectivity index (χ0v) is 13.7. The Balaban J connectivity index is 1.52. The monoisotopic (exact) mass is 305 g/mol. The maximum atomic E-state index is 12.4. The molecular formula is C16H27N5O. The summed E-state index contributed by atoms with van der Waals surface area (Å²) in [4.78, 5) is 14.4. The van der Waals surface area contributed by atoms with Crippen molar-refractivity contribution in [3.8, 4) is 0 Å². The molecule has 3 rings (SSSR count). The van der Waals surface area contributed by atoms with E-state index in [2.05, 4.69) is 15.5 Å². The van der Waals surface area contributed by atoms with Gasteiger partial charge in [-0.05, 0) is 38.0 Å². The van der Waals surface area contributed by atoms with Crippen molar-refractivity contribution in [2.24, 2.45) is 12.5 Å². The van der Waals surface area contributed by atoms with Gasteiger partial charge in [-0.3, -0.25) is 0 Å². The molecule has 1 saturated carbocycles. The van der Waals surface area contributed by atoms with Crippen LogP contribution >= 0.6 is 0 Å². The summed E-state index contributed by atoms with van der Waals surface area (Å²) in [6.45, 7) is 3.73. The second-order valence-electron chi connectivity index (χ2n) is 7.02. The van der Waals surface area contributed by atoms with Crippen molar-refractivity contribution < 1.29 is 4.79 Å². The highest BCUT2D eigenvalue weighted by atomic mass is 16.2. The largest absolute Gasteiger partial charge is 0.328 e. The van der Waals surface area contributed by atoms with Crippen molar-refractivity contribution in [3.05, 3.63) is 12.2 Å². The van der Waals surface area contributed by atoms with Crippen molar-refractivity contribution >= 4 is 6.03 Å². The first-order chi connectivity index (χ1) is 10.6. The summed E-state index contributed by atoms with van der Waals surface area (Å²) >= 11 is 0. The van der Waals surface area contributed by atoms with Crippen LogP contribution < -0.4 is 5.32 Å². The molecule has 1 aromatic rings. The number of hydrogen-bond donors (Lipinski definition) is 1. The molecule has 2 aliphatic rings. The molecule has 1 atom stereocenters. The van der Waals surface area contributed by atoms with E-state index in [1.54, 1.807) is 6.33 Å². The SMILES string of the molecule is CC(NC(=O)N1CCC2(CCCCC2)CC1)c1nncn1C. The summed E-state index contributed by atoms with van der Waals surface area (Å²) in [7, 11) is 1.89. The molecular weight excluding hydrogens is 278 g/mol. The highest BCUT2D eigenvalue weighted by molar-refractivity contribution is 5.74. The first-order valence-electron chi connectivity index (χ1n) is 8.49. The van der Waals surface area contributed by atoms with Crippen LogP contribution in [0.4, 0.5) is 4.79 Å². The predicted octanol–water partition coefficient (Wildman–Crippen LogP) is 2.63. The fourth-order valence-corrected chi connectivity index (χ4v) is 4.01. The van der Waals surface area contributed by atoms with E-state index < -0.39 is 0 Å². The molecule has 2 fully saturated rings. The van der Waals surface area contributed by atoms with Gasteiger partial charge in [-0.25, -0.2) is 4.79 Å². The van der Waals surface area contributed by atoms with Gasteiger partial charge in [0.1, 0.15) is 6.33 Å². The highest BCUT2D eigenvalue weighted by Crippen LogP contribution is 2.44. The van der Waals surface area contributed by atoms with E-state index >= 15 is 0 Å². The van der Waals surface area contributed by atoms with Crippen LogP contribution in [0.2, 0.25) is 0 Å². The smallest absolute Gasteiger partial charge is 0.317 e. The summed E-state index contributed by atoms with van der Waals surface area (Å²) in [5.41, 5.74) is 0.532. The summed E-state index contributed by atoms with van der Waals surface area (Å²) in [5.74, 6) is 0.786. The Kier molecular flexibility index (Phi) is 4.36. The average Bonchev–Trinajstić information content (AvgIpc) is 2.95. The second-order valence-corrected chi connectivity index (χ2v) is 7.02. The number of amides is 2. The lowest BCUT2D eigenvalue weighted by atomic mass is 9.68. The number of rotatable bonds is 2.